The fraction of sp³-hybridized carbons (Fsp3) is 0.533. The van der Waals surface area contributed by atoms with Crippen molar-refractivity contribution in [2.75, 3.05) is 5.75 Å². The number of fused-ring (bicyclic) bond motifs is 1. The van der Waals surface area contributed by atoms with E-state index in [1.807, 2.05) is 19.1 Å². The zero-order valence-electron chi connectivity index (χ0n) is 12.8. The molecule has 0 aliphatic rings. The lowest BCUT2D eigenvalue weighted by Gasteiger charge is -2.17. The quantitative estimate of drug-likeness (QED) is 0.830. The number of carboxylic acid groups (broad SMARTS) is 1. The Labute approximate surface area is 128 Å². The molecule has 0 aromatic carbocycles. The van der Waals surface area contributed by atoms with E-state index in [9.17, 15) is 4.79 Å². The van der Waals surface area contributed by atoms with Gasteiger partial charge >= 0.3 is 5.97 Å². The predicted molar refractivity (Wildman–Crippen MR) is 84.6 cm³/mol. The average Bonchev–Trinajstić information content (AvgIpc) is 2.74. The van der Waals surface area contributed by atoms with Crippen LogP contribution in [0.5, 0.6) is 0 Å². The molecule has 6 heteroatoms. The van der Waals surface area contributed by atoms with Crippen LogP contribution in [-0.4, -0.2) is 31.4 Å². The van der Waals surface area contributed by atoms with E-state index >= 15 is 0 Å². The topological polar surface area (TPSA) is 68.0 Å². The van der Waals surface area contributed by atoms with Crippen LogP contribution in [0.15, 0.2) is 17.3 Å². The Morgan fingerprint density at radius 1 is 1.33 bits per heavy atom. The van der Waals surface area contributed by atoms with E-state index in [1.54, 1.807) is 0 Å². The summed E-state index contributed by atoms with van der Waals surface area (Å²) in [5.41, 5.74) is 2.61. The molecule has 0 radical (unpaired) electrons. The molecule has 0 aliphatic heterocycles. The number of hydrogen-bond donors (Lipinski definition) is 1. The van der Waals surface area contributed by atoms with Crippen molar-refractivity contribution >= 4 is 28.9 Å². The molecule has 1 unspecified atom stereocenters. The summed E-state index contributed by atoms with van der Waals surface area (Å²) in [6.45, 7) is 9.32. The van der Waals surface area contributed by atoms with Crippen molar-refractivity contribution in [1.29, 1.82) is 0 Å². The van der Waals surface area contributed by atoms with Crippen LogP contribution < -0.4 is 0 Å². The second kappa shape index (κ2) is 6.47. The summed E-state index contributed by atoms with van der Waals surface area (Å²) in [5, 5.41) is 9.62. The molecule has 0 fully saturated rings. The third-order valence-corrected chi connectivity index (χ3v) is 4.59. The molecule has 2 aromatic rings. The zero-order valence-corrected chi connectivity index (χ0v) is 13.6. The fourth-order valence-electron chi connectivity index (χ4n) is 1.98. The average molecular weight is 307 g/mol. The minimum absolute atomic E-state index is 0.0123. The number of thioether (sulfide) groups is 1. The number of rotatable bonds is 6. The molecular weight excluding hydrogens is 286 g/mol. The summed E-state index contributed by atoms with van der Waals surface area (Å²) >= 11 is 1.25. The Kier molecular flexibility index (Phi) is 4.88. The van der Waals surface area contributed by atoms with Crippen molar-refractivity contribution in [3.8, 4) is 0 Å². The minimum Gasteiger partial charge on any atom is -0.481 e. The van der Waals surface area contributed by atoms with E-state index in [4.69, 9.17) is 5.11 Å². The van der Waals surface area contributed by atoms with Gasteiger partial charge in [0.2, 0.25) is 0 Å². The lowest BCUT2D eigenvalue weighted by atomic mass is 9.98. The molecule has 0 saturated carbocycles. The third-order valence-electron chi connectivity index (χ3n) is 3.63. The maximum absolute atomic E-state index is 10.8. The first kappa shape index (κ1) is 15.8. The number of imidazole rings is 1. The molecule has 0 spiro atoms. The van der Waals surface area contributed by atoms with E-state index in [-0.39, 0.29) is 5.75 Å². The van der Waals surface area contributed by atoms with Crippen LogP contribution in [0.25, 0.3) is 11.2 Å². The number of aryl methyl sites for hydroxylation is 1. The number of carbonyl (C=O) groups is 1. The standard InChI is InChI=1S/C15H21N3O2S/c1-9(2)10(3)7-18-14-12(6-5-11(4)16-14)17-15(18)21-8-13(19)20/h5-6,9-10H,7-8H2,1-4H3,(H,19,20). The van der Waals surface area contributed by atoms with Gasteiger partial charge in [-0.25, -0.2) is 9.97 Å². The van der Waals surface area contributed by atoms with Gasteiger partial charge in [0.15, 0.2) is 10.8 Å². The summed E-state index contributed by atoms with van der Waals surface area (Å²) in [6.07, 6.45) is 0. The van der Waals surface area contributed by atoms with Gasteiger partial charge in [0, 0.05) is 12.2 Å². The number of nitrogens with zero attached hydrogens (tertiary/aromatic N) is 3. The van der Waals surface area contributed by atoms with E-state index < -0.39 is 5.97 Å². The Bertz CT molecular complexity index is 652. The number of carboxylic acids is 1. The number of aliphatic carboxylic acids is 1. The van der Waals surface area contributed by atoms with Gasteiger partial charge in [-0.05, 0) is 30.9 Å². The van der Waals surface area contributed by atoms with E-state index in [0.717, 1.165) is 28.6 Å². The van der Waals surface area contributed by atoms with E-state index in [1.165, 1.54) is 11.8 Å². The summed E-state index contributed by atoms with van der Waals surface area (Å²) in [4.78, 5) is 19.9. The van der Waals surface area contributed by atoms with Crippen LogP contribution in [0.1, 0.15) is 26.5 Å². The van der Waals surface area contributed by atoms with Crippen LogP contribution in [0, 0.1) is 18.8 Å². The van der Waals surface area contributed by atoms with Gasteiger partial charge < -0.3 is 9.67 Å². The molecule has 2 aromatic heterocycles. The highest BCUT2D eigenvalue weighted by Crippen LogP contribution is 2.25. The molecule has 0 amide bonds. The van der Waals surface area contributed by atoms with Crippen LogP contribution in [0.3, 0.4) is 0 Å². The Balaban J connectivity index is 2.42. The van der Waals surface area contributed by atoms with Crippen molar-refractivity contribution in [3.05, 3.63) is 17.8 Å². The van der Waals surface area contributed by atoms with Gasteiger partial charge in [-0.15, -0.1) is 0 Å². The van der Waals surface area contributed by atoms with Gasteiger partial charge in [-0.1, -0.05) is 32.5 Å². The summed E-state index contributed by atoms with van der Waals surface area (Å²) in [7, 11) is 0. The van der Waals surface area contributed by atoms with Gasteiger partial charge in [0.05, 0.1) is 5.75 Å². The van der Waals surface area contributed by atoms with Gasteiger partial charge in [0.25, 0.3) is 0 Å². The second-order valence-electron chi connectivity index (χ2n) is 5.70. The highest BCUT2D eigenvalue weighted by molar-refractivity contribution is 7.99. The Morgan fingerprint density at radius 2 is 2.05 bits per heavy atom. The Hall–Kier alpha value is -1.56. The second-order valence-corrected chi connectivity index (χ2v) is 6.65. The summed E-state index contributed by atoms with van der Waals surface area (Å²) in [6, 6.07) is 3.87. The van der Waals surface area contributed by atoms with Crippen LogP contribution in [0.4, 0.5) is 0 Å². The largest absolute Gasteiger partial charge is 0.481 e. The van der Waals surface area contributed by atoms with Crippen molar-refractivity contribution in [1.82, 2.24) is 14.5 Å². The number of hydrogen-bond acceptors (Lipinski definition) is 4. The highest BCUT2D eigenvalue weighted by atomic mass is 32.2. The third kappa shape index (κ3) is 3.75. The first-order valence-corrected chi connectivity index (χ1v) is 8.05. The molecule has 2 heterocycles. The van der Waals surface area contributed by atoms with Crippen molar-refractivity contribution in [2.45, 2.75) is 39.4 Å². The monoisotopic (exact) mass is 307 g/mol. The van der Waals surface area contributed by atoms with Crippen molar-refractivity contribution in [3.63, 3.8) is 0 Å². The van der Waals surface area contributed by atoms with Gasteiger partial charge in [-0.2, -0.15) is 0 Å². The normalized spacial score (nSPS) is 13.0. The molecule has 114 valence electrons. The molecule has 21 heavy (non-hydrogen) atoms. The van der Waals surface area contributed by atoms with Crippen molar-refractivity contribution < 1.29 is 9.90 Å². The molecule has 2 rings (SSSR count). The maximum atomic E-state index is 10.8. The Morgan fingerprint density at radius 3 is 2.67 bits per heavy atom. The number of pyridine rings is 1. The molecule has 1 atom stereocenters. The summed E-state index contributed by atoms with van der Waals surface area (Å²) < 4.78 is 2.06. The molecule has 1 N–H and O–H groups in total. The molecule has 0 aliphatic carbocycles. The highest BCUT2D eigenvalue weighted by Gasteiger charge is 2.17. The molecular formula is C15H21N3O2S. The van der Waals surface area contributed by atoms with Crippen LogP contribution in [0.2, 0.25) is 0 Å². The van der Waals surface area contributed by atoms with E-state index in [0.29, 0.717) is 11.8 Å². The smallest absolute Gasteiger partial charge is 0.313 e. The maximum Gasteiger partial charge on any atom is 0.313 e. The SMILES string of the molecule is Cc1ccc2nc(SCC(=O)O)n(CC(C)C(C)C)c2n1. The fourth-order valence-corrected chi connectivity index (χ4v) is 2.71. The molecule has 5 nitrogen and oxygen atoms in total. The molecule has 0 bridgehead atoms. The minimum atomic E-state index is -0.834. The predicted octanol–water partition coefficient (Wildman–Crippen LogP) is 3.21. The lowest BCUT2D eigenvalue weighted by molar-refractivity contribution is -0.133. The first-order valence-electron chi connectivity index (χ1n) is 7.07. The van der Waals surface area contributed by atoms with Crippen molar-refractivity contribution in [2.24, 2.45) is 11.8 Å². The van der Waals surface area contributed by atoms with E-state index in [2.05, 4.69) is 35.3 Å². The summed E-state index contributed by atoms with van der Waals surface area (Å²) in [5.74, 6) is 0.191. The van der Waals surface area contributed by atoms with Gasteiger partial charge in [0.1, 0.15) is 5.52 Å². The van der Waals surface area contributed by atoms with Crippen LogP contribution in [-0.2, 0) is 11.3 Å². The van der Waals surface area contributed by atoms with Crippen LogP contribution >= 0.6 is 11.8 Å². The lowest BCUT2D eigenvalue weighted by Crippen LogP contribution is -2.14. The van der Waals surface area contributed by atoms with Gasteiger partial charge in [-0.3, -0.25) is 4.79 Å². The number of aromatic nitrogens is 3. The molecule has 0 saturated heterocycles. The first-order chi connectivity index (χ1) is 9.88. The zero-order chi connectivity index (χ0) is 15.6.